The van der Waals surface area contributed by atoms with Crippen LogP contribution in [0.1, 0.15) is 52.7 Å². The van der Waals surface area contributed by atoms with E-state index in [0.717, 1.165) is 50.1 Å². The van der Waals surface area contributed by atoms with Gasteiger partial charge in [-0.15, -0.1) is 11.3 Å². The van der Waals surface area contributed by atoms with Gasteiger partial charge in [-0.1, -0.05) is 181 Å². The highest BCUT2D eigenvalue weighted by Gasteiger charge is 2.25. The molecular weight excluding hydrogens is 783 g/mol. The Morgan fingerprint density at radius 3 is 1.81 bits per heavy atom. The maximum atomic E-state index is 6.24. The molecule has 0 aliphatic heterocycles. The topological polar surface area (TPSA) is 16.4 Å². The van der Waals surface area contributed by atoms with E-state index < -0.39 is 0 Å². The van der Waals surface area contributed by atoms with Crippen molar-refractivity contribution in [3.8, 4) is 33.4 Å². The van der Waals surface area contributed by atoms with Gasteiger partial charge in [0.1, 0.15) is 11.2 Å². The van der Waals surface area contributed by atoms with Crippen molar-refractivity contribution in [2.45, 2.75) is 52.4 Å². The first-order valence-electron chi connectivity index (χ1n) is 22.0. The molecule has 2 nitrogen and oxygen atoms in total. The summed E-state index contributed by atoms with van der Waals surface area (Å²) < 4.78 is 8.79. The number of anilines is 3. The molecule has 0 saturated carbocycles. The summed E-state index contributed by atoms with van der Waals surface area (Å²) in [5.74, 6) is 0. The van der Waals surface area contributed by atoms with Crippen molar-refractivity contribution < 1.29 is 4.42 Å². The minimum Gasteiger partial charge on any atom is -0.456 e. The van der Waals surface area contributed by atoms with Crippen LogP contribution in [0.3, 0.4) is 0 Å². The number of furan rings is 1. The molecule has 0 radical (unpaired) electrons. The minimum atomic E-state index is -0.00323. The third kappa shape index (κ3) is 6.79. The van der Waals surface area contributed by atoms with E-state index in [1.807, 2.05) is 23.5 Å². The Kier molecular flexibility index (Phi) is 9.19. The number of benzene rings is 9. The van der Waals surface area contributed by atoms with E-state index >= 15 is 0 Å². The van der Waals surface area contributed by atoms with Gasteiger partial charge in [0.15, 0.2) is 0 Å². The first kappa shape index (κ1) is 38.9. The van der Waals surface area contributed by atoms with Crippen molar-refractivity contribution in [2.24, 2.45) is 0 Å². The summed E-state index contributed by atoms with van der Waals surface area (Å²) in [6.07, 6.45) is 0. The number of hydrogen-bond acceptors (Lipinski definition) is 3. The highest BCUT2D eigenvalue weighted by atomic mass is 32.1. The van der Waals surface area contributed by atoms with Crippen LogP contribution in [0.15, 0.2) is 192 Å². The molecule has 0 N–H and O–H groups in total. The highest BCUT2D eigenvalue weighted by Crippen LogP contribution is 2.49. The molecule has 0 bridgehead atoms. The molecule has 0 aliphatic rings. The van der Waals surface area contributed by atoms with Crippen LogP contribution < -0.4 is 4.90 Å². The lowest BCUT2D eigenvalue weighted by molar-refractivity contribution is 0.569. The molecular formula is C60H49NOS. The van der Waals surface area contributed by atoms with Crippen LogP contribution in [0.4, 0.5) is 17.1 Å². The molecule has 306 valence electrons. The normalized spacial score (nSPS) is 12.3. The number of nitrogens with zero attached hydrogens (tertiary/aromatic N) is 1. The summed E-state index contributed by atoms with van der Waals surface area (Å²) in [4.78, 5) is 2.50. The highest BCUT2D eigenvalue weighted by molar-refractivity contribution is 7.26. The fraction of sp³-hybridized carbons (Fsp3) is 0.133. The van der Waals surface area contributed by atoms with Crippen molar-refractivity contribution in [3.05, 3.63) is 199 Å². The van der Waals surface area contributed by atoms with Gasteiger partial charge in [-0.2, -0.15) is 0 Å². The van der Waals surface area contributed by atoms with Gasteiger partial charge < -0.3 is 9.32 Å². The number of rotatable bonds is 6. The van der Waals surface area contributed by atoms with Crippen LogP contribution in [0, 0.1) is 0 Å². The molecule has 0 atom stereocenters. The molecule has 0 fully saturated rings. The van der Waals surface area contributed by atoms with Crippen molar-refractivity contribution in [3.63, 3.8) is 0 Å². The zero-order valence-corrected chi connectivity index (χ0v) is 37.5. The van der Waals surface area contributed by atoms with Gasteiger partial charge >= 0.3 is 0 Å². The van der Waals surface area contributed by atoms with E-state index in [4.69, 9.17) is 4.42 Å². The third-order valence-electron chi connectivity index (χ3n) is 12.8. The maximum Gasteiger partial charge on any atom is 0.135 e. The van der Waals surface area contributed by atoms with Gasteiger partial charge in [0, 0.05) is 37.5 Å². The molecule has 2 aromatic heterocycles. The minimum absolute atomic E-state index is 0.00323. The summed E-state index contributed by atoms with van der Waals surface area (Å²) in [6, 6.07) is 69.4. The summed E-state index contributed by atoms with van der Waals surface area (Å²) in [6.45, 7) is 13.9. The van der Waals surface area contributed by atoms with Gasteiger partial charge in [-0.3, -0.25) is 0 Å². The van der Waals surface area contributed by atoms with Gasteiger partial charge in [0.25, 0.3) is 0 Å². The Balaban J connectivity index is 1.16. The monoisotopic (exact) mass is 831 g/mol. The van der Waals surface area contributed by atoms with Gasteiger partial charge in [0.05, 0.1) is 16.1 Å². The zero-order valence-electron chi connectivity index (χ0n) is 36.7. The van der Waals surface area contributed by atoms with Crippen molar-refractivity contribution in [2.75, 3.05) is 4.90 Å². The summed E-state index contributed by atoms with van der Waals surface area (Å²) in [5, 5.41) is 7.29. The van der Waals surface area contributed by atoms with Crippen LogP contribution in [0.5, 0.6) is 0 Å². The second kappa shape index (κ2) is 14.9. The Morgan fingerprint density at radius 1 is 0.413 bits per heavy atom. The molecule has 3 heteroatoms. The predicted octanol–water partition coefficient (Wildman–Crippen LogP) is 18.2. The van der Waals surface area contributed by atoms with Crippen LogP contribution in [-0.2, 0) is 10.8 Å². The predicted molar refractivity (Wildman–Crippen MR) is 273 cm³/mol. The average Bonchev–Trinajstić information content (AvgIpc) is 3.87. The number of para-hydroxylation sites is 2. The van der Waals surface area contributed by atoms with E-state index in [2.05, 4.69) is 222 Å². The van der Waals surface area contributed by atoms with Gasteiger partial charge in [0.2, 0.25) is 0 Å². The molecule has 9 aromatic carbocycles. The molecule has 11 aromatic rings. The molecule has 11 rings (SSSR count). The van der Waals surface area contributed by atoms with Crippen LogP contribution >= 0.6 is 11.3 Å². The molecule has 0 amide bonds. The summed E-state index contributed by atoms with van der Waals surface area (Å²) >= 11 is 1.87. The smallest absolute Gasteiger partial charge is 0.135 e. The molecule has 0 saturated heterocycles. The van der Waals surface area contributed by atoms with Crippen LogP contribution in [0.2, 0.25) is 0 Å². The van der Waals surface area contributed by atoms with E-state index in [1.165, 1.54) is 64.3 Å². The third-order valence-corrected chi connectivity index (χ3v) is 14.0. The molecule has 0 unspecified atom stereocenters. The van der Waals surface area contributed by atoms with Gasteiger partial charge in [-0.25, -0.2) is 0 Å². The SMILES string of the molecule is CC(C)(C)c1cc(-c2cccc3cccc(-c4ccccc4N(c4cccc(-c5ccc6oc7ccccc7c6c5)c4)c4cccc5c4sc4ccccc45)c23)cc(C(C)(C)C)c1. The van der Waals surface area contributed by atoms with Crippen LogP contribution in [0.25, 0.3) is 86.3 Å². The fourth-order valence-electron chi connectivity index (χ4n) is 9.40. The quantitative estimate of drug-likeness (QED) is 0.166. The van der Waals surface area contributed by atoms with Crippen molar-refractivity contribution in [1.29, 1.82) is 0 Å². The lowest BCUT2D eigenvalue weighted by Crippen LogP contribution is -2.16. The maximum absolute atomic E-state index is 6.24. The Hall–Kier alpha value is -6.94. The first-order valence-corrected chi connectivity index (χ1v) is 22.8. The Morgan fingerprint density at radius 2 is 1.02 bits per heavy atom. The van der Waals surface area contributed by atoms with Crippen LogP contribution in [-0.4, -0.2) is 0 Å². The molecule has 63 heavy (non-hydrogen) atoms. The molecule has 0 spiro atoms. The van der Waals surface area contributed by atoms with Gasteiger partial charge in [-0.05, 0) is 109 Å². The Labute approximate surface area is 373 Å². The number of hydrogen-bond donors (Lipinski definition) is 0. The summed E-state index contributed by atoms with van der Waals surface area (Å²) in [7, 11) is 0. The average molecular weight is 832 g/mol. The van der Waals surface area contributed by atoms with Crippen molar-refractivity contribution >= 4 is 81.3 Å². The Bertz CT molecular complexity index is 3520. The lowest BCUT2D eigenvalue weighted by atomic mass is 9.78. The standard InChI is InChI=1S/C60H49NOS/c1-59(2,3)42-33-41(34-43(37-42)60(4,5)6)45-24-14-17-38-18-15-25-49(57(38)45)46-21-7-10-27-52(46)61(53-28-16-26-50-48-23-9-12-30-56(48)63-58(50)53)44-20-13-19-39(35-44)40-31-32-55-51(36-40)47-22-8-11-29-54(47)62-55/h7-37H,1-6H3. The first-order chi connectivity index (χ1) is 30.5. The van der Waals surface area contributed by atoms with E-state index in [1.54, 1.807) is 0 Å². The fourth-order valence-corrected chi connectivity index (χ4v) is 10.6. The summed E-state index contributed by atoms with van der Waals surface area (Å²) in [5.41, 5.74) is 15.0. The molecule has 0 aliphatic carbocycles. The van der Waals surface area contributed by atoms with Crippen molar-refractivity contribution in [1.82, 2.24) is 0 Å². The van der Waals surface area contributed by atoms with E-state index in [9.17, 15) is 0 Å². The molecule has 2 heterocycles. The zero-order chi connectivity index (χ0) is 43.0. The van der Waals surface area contributed by atoms with E-state index in [-0.39, 0.29) is 10.8 Å². The number of thiophene rings is 1. The lowest BCUT2D eigenvalue weighted by Gasteiger charge is -2.29. The second-order valence-electron chi connectivity index (χ2n) is 19.0. The van der Waals surface area contributed by atoms with E-state index in [0.29, 0.717) is 0 Å². The number of fused-ring (bicyclic) bond motifs is 7. The second-order valence-corrected chi connectivity index (χ2v) is 20.0. The largest absolute Gasteiger partial charge is 0.456 e.